The molecule has 0 aromatic heterocycles. The molecule has 0 heterocycles. The Morgan fingerprint density at radius 2 is 1.81 bits per heavy atom. The maximum Gasteiger partial charge on any atom is 0.328 e. The van der Waals surface area contributed by atoms with E-state index in [2.05, 4.69) is 21.2 Å². The third-order valence-electron chi connectivity index (χ3n) is 2.42. The van der Waals surface area contributed by atoms with Gasteiger partial charge in [-0.2, -0.15) is 0 Å². The Balaban J connectivity index is 2.53. The van der Waals surface area contributed by atoms with E-state index in [1.54, 1.807) is 33.8 Å². The average Bonchev–Trinajstić information content (AvgIpc) is 2.36. The van der Waals surface area contributed by atoms with Gasteiger partial charge in [-0.1, -0.05) is 28.1 Å². The van der Waals surface area contributed by atoms with E-state index < -0.39 is 17.6 Å². The van der Waals surface area contributed by atoms with Crippen LogP contribution < -0.4 is 5.32 Å². The van der Waals surface area contributed by atoms with E-state index in [0.29, 0.717) is 0 Å². The molecule has 1 rings (SSSR count). The van der Waals surface area contributed by atoms with E-state index in [0.717, 1.165) is 10.0 Å². The first-order valence-corrected chi connectivity index (χ1v) is 7.44. The minimum absolute atomic E-state index is 0.337. The fourth-order valence-electron chi connectivity index (χ4n) is 1.46. The highest BCUT2D eigenvalue weighted by molar-refractivity contribution is 9.10. The molecule has 1 amide bonds. The first-order valence-electron chi connectivity index (χ1n) is 6.64. The second kappa shape index (κ2) is 7.41. The topological polar surface area (TPSA) is 55.4 Å². The zero-order valence-corrected chi connectivity index (χ0v) is 14.2. The fraction of sp³-hybridized carbons (Fsp3) is 0.375. The molecule has 5 heteroatoms. The van der Waals surface area contributed by atoms with E-state index in [-0.39, 0.29) is 5.91 Å². The molecule has 0 aliphatic rings. The molecule has 1 N–H and O–H groups in total. The SMILES string of the molecule is C[C@H](NC(=O)/C=C/c1ccc(Br)cc1)C(=O)OC(C)(C)C. The molecule has 1 aromatic carbocycles. The highest BCUT2D eigenvalue weighted by Crippen LogP contribution is 2.11. The number of hydrogen-bond donors (Lipinski definition) is 1. The second-order valence-electron chi connectivity index (χ2n) is 5.65. The number of esters is 1. The number of rotatable bonds is 4. The summed E-state index contributed by atoms with van der Waals surface area (Å²) in [5.41, 5.74) is 0.335. The number of amides is 1. The van der Waals surface area contributed by atoms with Crippen molar-refractivity contribution in [1.29, 1.82) is 0 Å². The number of halogens is 1. The first kappa shape index (κ1) is 17.4. The van der Waals surface area contributed by atoms with Crippen molar-refractivity contribution in [1.82, 2.24) is 5.32 Å². The van der Waals surface area contributed by atoms with Crippen molar-refractivity contribution in [2.24, 2.45) is 0 Å². The average molecular weight is 354 g/mol. The van der Waals surface area contributed by atoms with Crippen molar-refractivity contribution in [3.8, 4) is 0 Å². The molecule has 0 saturated heterocycles. The van der Waals surface area contributed by atoms with Crippen LogP contribution in [-0.4, -0.2) is 23.5 Å². The third kappa shape index (κ3) is 7.09. The molecule has 21 heavy (non-hydrogen) atoms. The van der Waals surface area contributed by atoms with Crippen LogP contribution in [0.2, 0.25) is 0 Å². The molecular weight excluding hydrogens is 334 g/mol. The molecule has 0 aliphatic carbocycles. The summed E-state index contributed by atoms with van der Waals surface area (Å²) in [6.45, 7) is 6.95. The van der Waals surface area contributed by atoms with Crippen LogP contribution in [0.4, 0.5) is 0 Å². The second-order valence-corrected chi connectivity index (χ2v) is 6.56. The Hall–Kier alpha value is -1.62. The van der Waals surface area contributed by atoms with Crippen molar-refractivity contribution in [3.05, 3.63) is 40.4 Å². The lowest BCUT2D eigenvalue weighted by Crippen LogP contribution is -2.41. The zero-order chi connectivity index (χ0) is 16.0. The van der Waals surface area contributed by atoms with Gasteiger partial charge in [0, 0.05) is 10.5 Å². The van der Waals surface area contributed by atoms with Gasteiger partial charge in [-0.15, -0.1) is 0 Å². The zero-order valence-electron chi connectivity index (χ0n) is 12.6. The molecule has 0 bridgehead atoms. The lowest BCUT2D eigenvalue weighted by molar-refractivity contribution is -0.157. The maximum atomic E-state index is 11.7. The van der Waals surface area contributed by atoms with Crippen molar-refractivity contribution in [2.75, 3.05) is 0 Å². The van der Waals surface area contributed by atoms with E-state index in [4.69, 9.17) is 4.74 Å². The summed E-state index contributed by atoms with van der Waals surface area (Å²) in [7, 11) is 0. The summed E-state index contributed by atoms with van der Waals surface area (Å²) >= 11 is 3.34. The number of hydrogen-bond acceptors (Lipinski definition) is 3. The third-order valence-corrected chi connectivity index (χ3v) is 2.94. The largest absolute Gasteiger partial charge is 0.458 e. The van der Waals surface area contributed by atoms with Crippen LogP contribution in [0.3, 0.4) is 0 Å². The fourth-order valence-corrected chi connectivity index (χ4v) is 1.72. The summed E-state index contributed by atoms with van der Waals surface area (Å²) in [6, 6.07) is 6.85. The Labute approximate surface area is 133 Å². The minimum Gasteiger partial charge on any atom is -0.458 e. The van der Waals surface area contributed by atoms with Gasteiger partial charge in [0.05, 0.1) is 0 Å². The predicted molar refractivity (Wildman–Crippen MR) is 86.6 cm³/mol. The molecule has 114 valence electrons. The van der Waals surface area contributed by atoms with Crippen molar-refractivity contribution in [2.45, 2.75) is 39.3 Å². The standard InChI is InChI=1S/C16H20BrNO3/c1-11(15(20)21-16(2,3)4)18-14(19)10-7-12-5-8-13(17)9-6-12/h5-11H,1-4H3,(H,18,19)/b10-7+/t11-/m0/s1. The molecular formula is C16H20BrNO3. The van der Waals surface area contributed by atoms with Crippen LogP contribution in [0.5, 0.6) is 0 Å². The van der Waals surface area contributed by atoms with Gasteiger partial charge >= 0.3 is 5.97 Å². The first-order chi connectivity index (χ1) is 9.67. The van der Waals surface area contributed by atoms with Gasteiger partial charge in [-0.05, 0) is 51.5 Å². The Kier molecular flexibility index (Phi) is 6.15. The molecule has 0 radical (unpaired) electrons. The van der Waals surface area contributed by atoms with Gasteiger partial charge in [-0.25, -0.2) is 4.79 Å². The van der Waals surface area contributed by atoms with Crippen LogP contribution in [0, 0.1) is 0 Å². The molecule has 0 saturated carbocycles. The van der Waals surface area contributed by atoms with E-state index in [1.165, 1.54) is 6.08 Å². The van der Waals surface area contributed by atoms with E-state index in [9.17, 15) is 9.59 Å². The van der Waals surface area contributed by atoms with Crippen LogP contribution in [0.1, 0.15) is 33.3 Å². The minimum atomic E-state index is -0.689. The van der Waals surface area contributed by atoms with Crippen LogP contribution in [0.15, 0.2) is 34.8 Å². The Morgan fingerprint density at radius 3 is 2.33 bits per heavy atom. The highest BCUT2D eigenvalue weighted by atomic mass is 79.9. The molecule has 1 aromatic rings. The molecule has 0 aliphatic heterocycles. The van der Waals surface area contributed by atoms with Gasteiger partial charge < -0.3 is 10.1 Å². The van der Waals surface area contributed by atoms with Gasteiger partial charge in [0.2, 0.25) is 5.91 Å². The van der Waals surface area contributed by atoms with Gasteiger partial charge in [0.15, 0.2) is 0 Å². The lowest BCUT2D eigenvalue weighted by atomic mass is 10.2. The predicted octanol–water partition coefficient (Wildman–Crippen LogP) is 3.31. The number of carbonyl (C=O) groups is 2. The molecule has 0 unspecified atom stereocenters. The lowest BCUT2D eigenvalue weighted by Gasteiger charge is -2.22. The molecule has 1 atom stereocenters. The maximum absolute atomic E-state index is 11.7. The van der Waals surface area contributed by atoms with E-state index >= 15 is 0 Å². The number of carbonyl (C=O) groups excluding carboxylic acids is 2. The van der Waals surface area contributed by atoms with Gasteiger partial charge in [0.25, 0.3) is 0 Å². The summed E-state index contributed by atoms with van der Waals surface area (Å²) < 4.78 is 6.17. The quantitative estimate of drug-likeness (QED) is 0.667. The van der Waals surface area contributed by atoms with Crippen LogP contribution in [-0.2, 0) is 14.3 Å². The molecule has 0 spiro atoms. The number of ether oxygens (including phenoxy) is 1. The molecule has 4 nitrogen and oxygen atoms in total. The summed E-state index contributed by atoms with van der Waals surface area (Å²) in [4.78, 5) is 23.5. The van der Waals surface area contributed by atoms with Crippen LogP contribution in [0.25, 0.3) is 6.08 Å². The Bertz CT molecular complexity index is 529. The van der Waals surface area contributed by atoms with Gasteiger partial charge in [0.1, 0.15) is 11.6 Å². The summed E-state index contributed by atoms with van der Waals surface area (Å²) in [6.07, 6.45) is 3.08. The summed E-state index contributed by atoms with van der Waals surface area (Å²) in [5, 5.41) is 2.57. The van der Waals surface area contributed by atoms with Gasteiger partial charge in [-0.3, -0.25) is 4.79 Å². The summed E-state index contributed by atoms with van der Waals surface area (Å²) in [5.74, 6) is -0.788. The van der Waals surface area contributed by atoms with E-state index in [1.807, 2.05) is 24.3 Å². The van der Waals surface area contributed by atoms with Crippen molar-refractivity contribution >= 4 is 33.9 Å². The van der Waals surface area contributed by atoms with Crippen molar-refractivity contribution in [3.63, 3.8) is 0 Å². The number of benzene rings is 1. The highest BCUT2D eigenvalue weighted by Gasteiger charge is 2.22. The molecule has 0 fully saturated rings. The smallest absolute Gasteiger partial charge is 0.328 e. The number of nitrogens with one attached hydrogen (secondary N) is 1. The monoisotopic (exact) mass is 353 g/mol. The Morgan fingerprint density at radius 1 is 1.24 bits per heavy atom. The van der Waals surface area contributed by atoms with Crippen molar-refractivity contribution < 1.29 is 14.3 Å². The normalized spacial score (nSPS) is 13.0. The van der Waals surface area contributed by atoms with Crippen LogP contribution >= 0.6 is 15.9 Å².